The fourth-order valence-electron chi connectivity index (χ4n) is 4.12. The molecule has 1 fully saturated rings. The molecule has 2 heteroatoms. The molecule has 2 aliphatic rings. The lowest BCUT2D eigenvalue weighted by Crippen LogP contribution is -2.47. The van der Waals surface area contributed by atoms with Crippen LogP contribution >= 0.6 is 0 Å². The molecule has 1 aliphatic heterocycles. The van der Waals surface area contributed by atoms with Crippen molar-refractivity contribution < 1.29 is 4.74 Å². The SMILES string of the molecule is CCNC1CC2(CCCC(CC)C2)Oc2ccccc21. The van der Waals surface area contributed by atoms with Gasteiger partial charge in [0, 0.05) is 18.0 Å². The van der Waals surface area contributed by atoms with Crippen molar-refractivity contribution in [3.63, 3.8) is 0 Å². The highest BCUT2D eigenvalue weighted by Crippen LogP contribution is 2.47. The molecule has 1 saturated carbocycles. The van der Waals surface area contributed by atoms with E-state index in [2.05, 4.69) is 43.4 Å². The molecule has 1 N–H and O–H groups in total. The van der Waals surface area contributed by atoms with Crippen LogP contribution in [0.4, 0.5) is 0 Å². The molecule has 2 nitrogen and oxygen atoms in total. The van der Waals surface area contributed by atoms with E-state index in [1.54, 1.807) is 0 Å². The van der Waals surface area contributed by atoms with E-state index in [4.69, 9.17) is 4.74 Å². The molecule has 0 radical (unpaired) electrons. The van der Waals surface area contributed by atoms with Crippen molar-refractivity contribution in [2.24, 2.45) is 5.92 Å². The van der Waals surface area contributed by atoms with Gasteiger partial charge in [-0.25, -0.2) is 0 Å². The third-order valence-electron chi connectivity index (χ3n) is 5.13. The summed E-state index contributed by atoms with van der Waals surface area (Å²) >= 11 is 0. The van der Waals surface area contributed by atoms with Crippen molar-refractivity contribution in [3.05, 3.63) is 29.8 Å². The average Bonchev–Trinajstić information content (AvgIpc) is 2.47. The van der Waals surface area contributed by atoms with Gasteiger partial charge in [-0.2, -0.15) is 0 Å². The van der Waals surface area contributed by atoms with Crippen molar-refractivity contribution in [2.45, 2.75) is 64.0 Å². The number of para-hydroxylation sites is 1. The van der Waals surface area contributed by atoms with Crippen LogP contribution in [-0.2, 0) is 0 Å². The lowest BCUT2D eigenvalue weighted by atomic mass is 9.72. The second kappa shape index (κ2) is 5.77. The third-order valence-corrected chi connectivity index (χ3v) is 5.13. The van der Waals surface area contributed by atoms with Crippen LogP contribution in [-0.4, -0.2) is 12.1 Å². The van der Waals surface area contributed by atoms with Crippen LogP contribution in [0.15, 0.2) is 24.3 Å². The van der Waals surface area contributed by atoms with Crippen LogP contribution in [0.3, 0.4) is 0 Å². The number of hydrogen-bond donors (Lipinski definition) is 1. The van der Waals surface area contributed by atoms with Crippen molar-refractivity contribution in [1.82, 2.24) is 5.32 Å². The molecule has 0 aromatic heterocycles. The summed E-state index contributed by atoms with van der Waals surface area (Å²) in [5, 5.41) is 3.67. The summed E-state index contributed by atoms with van der Waals surface area (Å²) in [6.45, 7) is 5.54. The molecule has 20 heavy (non-hydrogen) atoms. The van der Waals surface area contributed by atoms with E-state index in [0.717, 1.165) is 24.6 Å². The fourth-order valence-corrected chi connectivity index (χ4v) is 4.12. The van der Waals surface area contributed by atoms with Crippen LogP contribution in [0.25, 0.3) is 0 Å². The summed E-state index contributed by atoms with van der Waals surface area (Å²) in [6.07, 6.45) is 7.58. The Labute approximate surface area is 122 Å². The molecule has 0 amide bonds. The Bertz CT molecular complexity index is 458. The van der Waals surface area contributed by atoms with E-state index in [9.17, 15) is 0 Å². The van der Waals surface area contributed by atoms with Crippen molar-refractivity contribution >= 4 is 0 Å². The first-order valence-electron chi connectivity index (χ1n) is 8.27. The second-order valence-corrected chi connectivity index (χ2v) is 6.51. The number of hydrogen-bond acceptors (Lipinski definition) is 2. The summed E-state index contributed by atoms with van der Waals surface area (Å²) in [4.78, 5) is 0. The quantitative estimate of drug-likeness (QED) is 0.878. The van der Waals surface area contributed by atoms with E-state index in [0.29, 0.717) is 6.04 Å². The van der Waals surface area contributed by atoms with E-state index < -0.39 is 0 Å². The minimum atomic E-state index is 0.0834. The normalized spacial score (nSPS) is 32.7. The largest absolute Gasteiger partial charge is 0.487 e. The van der Waals surface area contributed by atoms with Crippen molar-refractivity contribution in [3.8, 4) is 5.75 Å². The minimum absolute atomic E-state index is 0.0834. The van der Waals surface area contributed by atoms with Gasteiger partial charge < -0.3 is 10.1 Å². The summed E-state index contributed by atoms with van der Waals surface area (Å²) < 4.78 is 6.53. The van der Waals surface area contributed by atoms with E-state index >= 15 is 0 Å². The van der Waals surface area contributed by atoms with Gasteiger partial charge in [0.15, 0.2) is 0 Å². The van der Waals surface area contributed by atoms with Gasteiger partial charge in [0.25, 0.3) is 0 Å². The number of benzene rings is 1. The molecule has 3 atom stereocenters. The standard InChI is InChI=1S/C18H27NO/c1-3-14-8-7-11-18(12-14)13-16(19-4-2)15-9-5-6-10-17(15)20-18/h5-6,9-10,14,16,19H,3-4,7-8,11-13H2,1-2H3. The molecule has 0 saturated heterocycles. The van der Waals surface area contributed by atoms with Gasteiger partial charge in [-0.15, -0.1) is 0 Å². The van der Waals surface area contributed by atoms with Crippen molar-refractivity contribution in [2.75, 3.05) is 6.54 Å². The zero-order valence-corrected chi connectivity index (χ0v) is 12.8. The lowest BCUT2D eigenvalue weighted by molar-refractivity contribution is -0.0213. The van der Waals surface area contributed by atoms with Crippen molar-refractivity contribution in [1.29, 1.82) is 0 Å². The van der Waals surface area contributed by atoms with E-state index in [1.165, 1.54) is 37.7 Å². The maximum Gasteiger partial charge on any atom is 0.124 e. The predicted octanol–water partition coefficient (Wildman–Crippen LogP) is 4.46. The maximum atomic E-state index is 6.53. The highest BCUT2D eigenvalue weighted by molar-refractivity contribution is 5.39. The Morgan fingerprint density at radius 1 is 1.25 bits per heavy atom. The lowest BCUT2D eigenvalue weighted by Gasteiger charge is -2.46. The topological polar surface area (TPSA) is 21.3 Å². The van der Waals surface area contributed by atoms with Gasteiger partial charge in [-0.05, 0) is 37.8 Å². The minimum Gasteiger partial charge on any atom is -0.487 e. The van der Waals surface area contributed by atoms with Gasteiger partial charge in [-0.3, -0.25) is 0 Å². The molecule has 110 valence electrons. The maximum absolute atomic E-state index is 6.53. The average molecular weight is 273 g/mol. The third kappa shape index (κ3) is 2.58. The summed E-state index contributed by atoms with van der Waals surface area (Å²) in [6, 6.07) is 9.05. The molecule has 1 aliphatic carbocycles. The van der Waals surface area contributed by atoms with E-state index in [1.807, 2.05) is 0 Å². The van der Waals surface area contributed by atoms with Crippen LogP contribution < -0.4 is 10.1 Å². The van der Waals surface area contributed by atoms with Crippen LogP contribution in [0.5, 0.6) is 5.75 Å². The van der Waals surface area contributed by atoms with Gasteiger partial charge >= 0.3 is 0 Å². The molecule has 1 spiro atoms. The van der Waals surface area contributed by atoms with Gasteiger partial charge in [0.2, 0.25) is 0 Å². The Balaban J connectivity index is 1.88. The number of rotatable bonds is 3. The molecule has 1 aromatic carbocycles. The Morgan fingerprint density at radius 2 is 2.10 bits per heavy atom. The number of nitrogens with one attached hydrogen (secondary N) is 1. The fraction of sp³-hybridized carbons (Fsp3) is 0.667. The van der Waals surface area contributed by atoms with Gasteiger partial charge in [0.05, 0.1) is 0 Å². The molecular formula is C18H27NO. The first-order valence-corrected chi connectivity index (χ1v) is 8.27. The Kier molecular flexibility index (Phi) is 4.02. The molecule has 1 aromatic rings. The molecule has 1 heterocycles. The van der Waals surface area contributed by atoms with Gasteiger partial charge in [0.1, 0.15) is 11.4 Å². The zero-order chi connectivity index (χ0) is 14.0. The number of fused-ring (bicyclic) bond motifs is 1. The first-order chi connectivity index (χ1) is 9.76. The highest BCUT2D eigenvalue weighted by atomic mass is 16.5. The molecule has 3 rings (SSSR count). The summed E-state index contributed by atoms with van der Waals surface area (Å²) in [7, 11) is 0. The smallest absolute Gasteiger partial charge is 0.124 e. The predicted molar refractivity (Wildman–Crippen MR) is 83.1 cm³/mol. The second-order valence-electron chi connectivity index (χ2n) is 6.51. The highest BCUT2D eigenvalue weighted by Gasteiger charge is 2.43. The first kappa shape index (κ1) is 13.9. The zero-order valence-electron chi connectivity index (χ0n) is 12.8. The monoisotopic (exact) mass is 273 g/mol. The Hall–Kier alpha value is -1.02. The molecular weight excluding hydrogens is 246 g/mol. The van der Waals surface area contributed by atoms with Gasteiger partial charge in [-0.1, -0.05) is 44.9 Å². The summed E-state index contributed by atoms with van der Waals surface area (Å²) in [5.74, 6) is 1.96. The van der Waals surface area contributed by atoms with Crippen LogP contribution in [0, 0.1) is 5.92 Å². The van der Waals surface area contributed by atoms with E-state index in [-0.39, 0.29) is 5.60 Å². The Morgan fingerprint density at radius 3 is 2.90 bits per heavy atom. The summed E-state index contributed by atoms with van der Waals surface area (Å²) in [5.41, 5.74) is 1.43. The number of ether oxygens (including phenoxy) is 1. The molecule has 3 unspecified atom stereocenters. The van der Waals surface area contributed by atoms with Crippen LogP contribution in [0.2, 0.25) is 0 Å². The van der Waals surface area contributed by atoms with Crippen LogP contribution in [0.1, 0.15) is 64.0 Å². The molecule has 0 bridgehead atoms.